The third-order valence-electron chi connectivity index (χ3n) is 10.1. The minimum Gasteiger partial charge on any atom is -0.415 e. The molecule has 4 aliphatic carbocycles. The van der Waals surface area contributed by atoms with Gasteiger partial charge in [0.15, 0.2) is 16.6 Å². The summed E-state index contributed by atoms with van der Waals surface area (Å²) >= 11 is 0. The first-order chi connectivity index (χ1) is 16.2. The lowest BCUT2D eigenvalue weighted by molar-refractivity contribution is -0.159. The fraction of sp³-hybridized carbons (Fsp3) is 0.929. The van der Waals surface area contributed by atoms with E-state index in [1.807, 2.05) is 0 Å². The minimum atomic E-state index is -1.67. The number of rotatable bonds is 7. The lowest BCUT2D eigenvalue weighted by Gasteiger charge is -2.60. The minimum absolute atomic E-state index is 0.0280. The number of hydrogen-bond acceptors (Lipinski definition) is 5. The molecule has 4 aliphatic rings. The summed E-state index contributed by atoms with van der Waals surface area (Å²) in [7, 11) is -1.58. The van der Waals surface area contributed by atoms with Crippen LogP contribution >= 0.6 is 0 Å². The summed E-state index contributed by atoms with van der Waals surface area (Å²) in [4.78, 5) is 19.4. The second-order valence-electron chi connectivity index (χ2n) is 14.6. The Kier molecular flexibility index (Phi) is 7.60. The van der Waals surface area contributed by atoms with E-state index in [2.05, 4.69) is 58.3 Å². The predicted octanol–water partition coefficient (Wildman–Crippen LogP) is 6.90. The van der Waals surface area contributed by atoms with Gasteiger partial charge < -0.3 is 13.7 Å². The zero-order valence-corrected chi connectivity index (χ0v) is 25.9. The zero-order valence-electron chi connectivity index (χ0n) is 23.9. The average Bonchev–Trinajstić information content (AvgIpc) is 3.05. The van der Waals surface area contributed by atoms with Crippen LogP contribution in [-0.4, -0.2) is 48.0 Å². The monoisotopic (exact) mass is 521 g/mol. The van der Waals surface area contributed by atoms with Crippen LogP contribution in [0.3, 0.4) is 0 Å². The number of hydrogen-bond donors (Lipinski definition) is 0. The molecule has 8 unspecified atom stereocenters. The molecule has 4 fully saturated rings. The van der Waals surface area contributed by atoms with E-state index in [-0.39, 0.29) is 22.7 Å². The Balaban J connectivity index is 1.54. The van der Waals surface area contributed by atoms with Crippen LogP contribution in [0.4, 0.5) is 0 Å². The van der Waals surface area contributed by atoms with Crippen molar-refractivity contribution in [3.8, 4) is 0 Å². The van der Waals surface area contributed by atoms with E-state index in [1.165, 1.54) is 19.3 Å². The molecule has 0 aromatic heterocycles. The smallest absolute Gasteiger partial charge is 0.184 e. The Morgan fingerprint density at radius 1 is 0.971 bits per heavy atom. The summed E-state index contributed by atoms with van der Waals surface area (Å²) in [6.07, 6.45) is 9.27. The second-order valence-corrected chi connectivity index (χ2v) is 23.6. The summed E-state index contributed by atoms with van der Waals surface area (Å²) in [5.74, 6) is 2.77. The van der Waals surface area contributed by atoms with Gasteiger partial charge in [0.25, 0.3) is 0 Å². The van der Waals surface area contributed by atoms with Crippen LogP contribution in [0.5, 0.6) is 0 Å². The van der Waals surface area contributed by atoms with Gasteiger partial charge in [-0.05, 0) is 113 Å². The molecule has 0 amide bonds. The topological polar surface area (TPSA) is 57.1 Å². The second kappa shape index (κ2) is 9.66. The van der Waals surface area contributed by atoms with Crippen molar-refractivity contribution in [3.63, 3.8) is 0 Å². The molecule has 0 aromatic carbocycles. The van der Waals surface area contributed by atoms with Crippen molar-refractivity contribution in [2.75, 3.05) is 13.7 Å². The molecule has 0 heterocycles. The molecular formula is C28H51NO4Si2. The molecule has 200 valence electrons. The van der Waals surface area contributed by atoms with Crippen molar-refractivity contribution in [3.05, 3.63) is 0 Å². The summed E-state index contributed by atoms with van der Waals surface area (Å²) < 4.78 is 12.8. The molecule has 7 heteroatoms. The van der Waals surface area contributed by atoms with Crippen molar-refractivity contribution >= 4 is 28.1 Å². The zero-order chi connectivity index (χ0) is 25.8. The van der Waals surface area contributed by atoms with Crippen molar-refractivity contribution in [1.82, 2.24) is 0 Å². The van der Waals surface area contributed by atoms with Gasteiger partial charge in [0, 0.05) is 24.4 Å². The molecule has 35 heavy (non-hydrogen) atoms. The molecule has 0 radical (unpaired) electrons. The van der Waals surface area contributed by atoms with Crippen LogP contribution in [0, 0.1) is 40.4 Å². The van der Waals surface area contributed by atoms with E-state index in [1.54, 1.807) is 7.11 Å². The Morgan fingerprint density at radius 3 is 2.31 bits per heavy atom. The van der Waals surface area contributed by atoms with Crippen molar-refractivity contribution in [1.29, 1.82) is 0 Å². The summed E-state index contributed by atoms with van der Waals surface area (Å²) in [5, 5.41) is 4.48. The highest BCUT2D eigenvalue weighted by atomic mass is 28.4. The van der Waals surface area contributed by atoms with E-state index in [4.69, 9.17) is 13.7 Å². The highest BCUT2D eigenvalue weighted by Crippen LogP contribution is 2.66. The molecule has 0 N–H and O–H groups in total. The molecular weight excluding hydrogens is 470 g/mol. The first-order valence-corrected chi connectivity index (χ1v) is 20.9. The van der Waals surface area contributed by atoms with Gasteiger partial charge in [-0.1, -0.05) is 19.0 Å². The van der Waals surface area contributed by atoms with Gasteiger partial charge in [0.2, 0.25) is 0 Å². The molecule has 5 nitrogen and oxygen atoms in total. The Morgan fingerprint density at radius 2 is 1.69 bits per heavy atom. The molecule has 8 atom stereocenters. The Labute approximate surface area is 216 Å². The number of nitrogens with zero attached hydrogens (tertiary/aromatic N) is 1. The predicted molar refractivity (Wildman–Crippen MR) is 148 cm³/mol. The third kappa shape index (κ3) is 5.39. The molecule has 0 aliphatic heterocycles. The third-order valence-corrected chi connectivity index (χ3v) is 12.1. The number of Topliss-reactive ketones (excluding diaryl/α,β-unsaturated/α-hetero) is 1. The SMILES string of the molecule is CON=C(CO[Si](C)(C)C)C1CCC2C3CCC4CC(O[Si](C)(C)C)CCC4(C)C3C(=O)CC12C. The van der Waals surface area contributed by atoms with E-state index >= 15 is 0 Å². The summed E-state index contributed by atoms with van der Waals surface area (Å²) in [6, 6.07) is 0. The van der Waals surface area contributed by atoms with Gasteiger partial charge in [-0.15, -0.1) is 0 Å². The normalized spacial score (nSPS) is 42.3. The lowest BCUT2D eigenvalue weighted by Crippen LogP contribution is -2.58. The Bertz CT molecular complexity index is 834. The van der Waals surface area contributed by atoms with Crippen LogP contribution < -0.4 is 0 Å². The van der Waals surface area contributed by atoms with Crippen LogP contribution in [0.1, 0.15) is 65.2 Å². The van der Waals surface area contributed by atoms with Crippen molar-refractivity contribution in [2.24, 2.45) is 45.6 Å². The van der Waals surface area contributed by atoms with Crippen molar-refractivity contribution in [2.45, 2.75) is 111 Å². The highest BCUT2D eigenvalue weighted by molar-refractivity contribution is 6.70. The van der Waals surface area contributed by atoms with E-state index < -0.39 is 16.6 Å². The molecule has 4 saturated carbocycles. The van der Waals surface area contributed by atoms with Crippen LogP contribution in [-0.2, 0) is 18.5 Å². The first-order valence-electron chi connectivity index (χ1n) is 14.1. The van der Waals surface area contributed by atoms with Gasteiger partial charge in [-0.3, -0.25) is 4.79 Å². The number of oxime groups is 1. The lowest BCUT2D eigenvalue weighted by atomic mass is 9.44. The maximum absolute atomic E-state index is 14.1. The van der Waals surface area contributed by atoms with E-state index in [0.717, 1.165) is 31.4 Å². The number of ketones is 1. The average molecular weight is 522 g/mol. The molecule has 0 spiro atoms. The van der Waals surface area contributed by atoms with E-state index in [0.29, 0.717) is 42.7 Å². The van der Waals surface area contributed by atoms with Gasteiger partial charge >= 0.3 is 0 Å². The maximum Gasteiger partial charge on any atom is 0.184 e. The van der Waals surface area contributed by atoms with Gasteiger partial charge in [0.1, 0.15) is 12.9 Å². The molecule has 0 aromatic rings. The van der Waals surface area contributed by atoms with E-state index in [9.17, 15) is 4.79 Å². The fourth-order valence-corrected chi connectivity index (χ4v) is 10.6. The van der Waals surface area contributed by atoms with Crippen LogP contribution in [0.2, 0.25) is 39.3 Å². The van der Waals surface area contributed by atoms with Crippen LogP contribution in [0.25, 0.3) is 0 Å². The number of carbonyl (C=O) groups excluding carboxylic acids is 1. The largest absolute Gasteiger partial charge is 0.415 e. The van der Waals surface area contributed by atoms with Gasteiger partial charge in [-0.25, -0.2) is 0 Å². The van der Waals surface area contributed by atoms with Gasteiger partial charge in [0.05, 0.1) is 12.3 Å². The quantitative estimate of drug-likeness (QED) is 0.208. The number of carbonyl (C=O) groups is 1. The standard InChI is InChI=1S/C28H51NO4Si2/c1-27-15-14-20(33-35(7,8)9)16-19(27)10-11-21-22-12-13-23(28(22,2)17-25(30)26(21)27)24(29-31-3)18-32-34(4,5)6/h19-23,26H,10-18H2,1-9H3. The fourth-order valence-electron chi connectivity index (χ4n) is 8.79. The van der Waals surface area contributed by atoms with Crippen LogP contribution in [0.15, 0.2) is 5.16 Å². The summed E-state index contributed by atoms with van der Waals surface area (Å²) in [6.45, 7) is 18.9. The van der Waals surface area contributed by atoms with Gasteiger partial charge in [-0.2, -0.15) is 0 Å². The molecule has 4 rings (SSSR count). The maximum atomic E-state index is 14.1. The van der Waals surface area contributed by atoms with Crippen molar-refractivity contribution < 1.29 is 18.5 Å². The number of fused-ring (bicyclic) bond motifs is 5. The molecule has 0 saturated heterocycles. The Hall–Kier alpha value is -0.506. The summed E-state index contributed by atoms with van der Waals surface area (Å²) in [5.41, 5.74) is 1.14. The first kappa shape index (κ1) is 27.5. The highest BCUT2D eigenvalue weighted by Gasteiger charge is 2.64. The molecule has 0 bridgehead atoms.